The van der Waals surface area contributed by atoms with E-state index >= 15 is 0 Å². The monoisotopic (exact) mass is 247 g/mol. The standard InChI is InChI=1S/C15H21NO2/c1-4-5-8-16-10(2)13-7-6-12(15(17)18)9-14(13)11(16)3/h6-7,9-11H,4-5,8H2,1-3H3,(H,17,18). The predicted octanol–water partition coefficient (Wildman–Crippen LogP) is 3.62. The van der Waals surface area contributed by atoms with Gasteiger partial charge in [0, 0.05) is 12.1 Å². The summed E-state index contributed by atoms with van der Waals surface area (Å²) < 4.78 is 0. The van der Waals surface area contributed by atoms with Crippen LogP contribution in [0.25, 0.3) is 0 Å². The Kier molecular flexibility index (Phi) is 3.71. The van der Waals surface area contributed by atoms with Crippen molar-refractivity contribution in [3.63, 3.8) is 0 Å². The summed E-state index contributed by atoms with van der Waals surface area (Å²) in [6, 6.07) is 6.25. The van der Waals surface area contributed by atoms with Crippen molar-refractivity contribution in [3.8, 4) is 0 Å². The molecule has 1 N–H and O–H groups in total. The number of unbranched alkanes of at least 4 members (excludes halogenated alkanes) is 1. The van der Waals surface area contributed by atoms with Gasteiger partial charge in [-0.25, -0.2) is 4.79 Å². The second-order valence-electron chi connectivity index (χ2n) is 5.09. The van der Waals surface area contributed by atoms with E-state index < -0.39 is 5.97 Å². The number of hydrogen-bond acceptors (Lipinski definition) is 2. The molecule has 2 atom stereocenters. The minimum Gasteiger partial charge on any atom is -0.478 e. The molecule has 1 heterocycles. The first-order valence-corrected chi connectivity index (χ1v) is 6.69. The van der Waals surface area contributed by atoms with Gasteiger partial charge < -0.3 is 5.11 Å². The van der Waals surface area contributed by atoms with E-state index in [1.54, 1.807) is 6.07 Å². The van der Waals surface area contributed by atoms with Crippen molar-refractivity contribution < 1.29 is 9.90 Å². The Morgan fingerprint density at radius 3 is 2.56 bits per heavy atom. The summed E-state index contributed by atoms with van der Waals surface area (Å²) in [6.45, 7) is 7.65. The second kappa shape index (κ2) is 5.11. The number of hydrogen-bond donors (Lipinski definition) is 1. The van der Waals surface area contributed by atoms with Gasteiger partial charge in [0.1, 0.15) is 0 Å². The Morgan fingerprint density at radius 1 is 1.28 bits per heavy atom. The van der Waals surface area contributed by atoms with Crippen LogP contribution in [0.15, 0.2) is 18.2 Å². The normalized spacial score (nSPS) is 23.1. The highest BCUT2D eigenvalue weighted by Gasteiger charge is 2.32. The largest absolute Gasteiger partial charge is 0.478 e. The van der Waals surface area contributed by atoms with Crippen LogP contribution in [-0.4, -0.2) is 22.5 Å². The molecule has 3 heteroatoms. The molecule has 0 saturated carbocycles. The molecule has 0 aliphatic carbocycles. The van der Waals surface area contributed by atoms with Crippen LogP contribution in [0.5, 0.6) is 0 Å². The van der Waals surface area contributed by atoms with E-state index in [0.717, 1.165) is 6.54 Å². The molecular weight excluding hydrogens is 226 g/mol. The highest BCUT2D eigenvalue weighted by Crippen LogP contribution is 2.41. The minimum atomic E-state index is -0.843. The fraction of sp³-hybridized carbons (Fsp3) is 0.533. The fourth-order valence-corrected chi connectivity index (χ4v) is 2.87. The first kappa shape index (κ1) is 13.1. The lowest BCUT2D eigenvalue weighted by Gasteiger charge is -2.26. The number of aromatic carboxylic acids is 1. The summed E-state index contributed by atoms with van der Waals surface area (Å²) >= 11 is 0. The Morgan fingerprint density at radius 2 is 1.94 bits per heavy atom. The van der Waals surface area contributed by atoms with Crippen molar-refractivity contribution in [1.82, 2.24) is 4.90 Å². The third kappa shape index (κ3) is 2.15. The smallest absolute Gasteiger partial charge is 0.335 e. The maximum Gasteiger partial charge on any atom is 0.335 e. The highest BCUT2D eigenvalue weighted by atomic mass is 16.4. The van der Waals surface area contributed by atoms with E-state index in [1.807, 2.05) is 12.1 Å². The van der Waals surface area contributed by atoms with Crippen LogP contribution in [0, 0.1) is 0 Å². The average Bonchev–Trinajstić information content (AvgIpc) is 2.59. The molecule has 2 unspecified atom stereocenters. The van der Waals surface area contributed by atoms with Crippen molar-refractivity contribution in [1.29, 1.82) is 0 Å². The third-order valence-corrected chi connectivity index (χ3v) is 4.00. The number of rotatable bonds is 4. The molecule has 1 aliphatic rings. The van der Waals surface area contributed by atoms with Crippen LogP contribution in [0.3, 0.4) is 0 Å². The maximum absolute atomic E-state index is 11.0. The average molecular weight is 247 g/mol. The van der Waals surface area contributed by atoms with Gasteiger partial charge in [0.2, 0.25) is 0 Å². The second-order valence-corrected chi connectivity index (χ2v) is 5.09. The van der Waals surface area contributed by atoms with Crippen molar-refractivity contribution in [2.75, 3.05) is 6.54 Å². The molecule has 0 amide bonds. The van der Waals surface area contributed by atoms with Crippen LogP contribution in [0.1, 0.15) is 67.2 Å². The summed E-state index contributed by atoms with van der Waals surface area (Å²) in [5, 5.41) is 9.06. The van der Waals surface area contributed by atoms with Crippen LogP contribution in [-0.2, 0) is 0 Å². The van der Waals surface area contributed by atoms with E-state index in [-0.39, 0.29) is 0 Å². The van der Waals surface area contributed by atoms with Gasteiger partial charge in [-0.2, -0.15) is 0 Å². The van der Waals surface area contributed by atoms with Gasteiger partial charge >= 0.3 is 5.97 Å². The zero-order valence-corrected chi connectivity index (χ0v) is 11.3. The van der Waals surface area contributed by atoms with Gasteiger partial charge in [-0.3, -0.25) is 4.90 Å². The zero-order chi connectivity index (χ0) is 13.3. The lowest BCUT2D eigenvalue weighted by molar-refractivity contribution is 0.0696. The molecule has 0 spiro atoms. The molecule has 0 aromatic heterocycles. The Bertz CT molecular complexity index is 456. The number of nitrogens with zero attached hydrogens (tertiary/aromatic N) is 1. The lowest BCUT2D eigenvalue weighted by Crippen LogP contribution is -2.24. The van der Waals surface area contributed by atoms with E-state index in [1.165, 1.54) is 24.0 Å². The van der Waals surface area contributed by atoms with Gasteiger partial charge in [0.25, 0.3) is 0 Å². The first-order chi connectivity index (χ1) is 8.56. The van der Waals surface area contributed by atoms with E-state index in [0.29, 0.717) is 17.6 Å². The van der Waals surface area contributed by atoms with Crippen LogP contribution < -0.4 is 0 Å². The minimum absolute atomic E-state index is 0.320. The van der Waals surface area contributed by atoms with E-state index in [2.05, 4.69) is 25.7 Å². The number of carbonyl (C=O) groups is 1. The number of carboxylic acids is 1. The molecule has 0 saturated heterocycles. The molecule has 2 rings (SSSR count). The van der Waals surface area contributed by atoms with Crippen molar-refractivity contribution in [3.05, 3.63) is 34.9 Å². The zero-order valence-electron chi connectivity index (χ0n) is 11.3. The SMILES string of the molecule is CCCCN1C(C)c2ccc(C(=O)O)cc2C1C. The number of fused-ring (bicyclic) bond motifs is 1. The molecular formula is C15H21NO2. The third-order valence-electron chi connectivity index (χ3n) is 4.00. The van der Waals surface area contributed by atoms with E-state index in [4.69, 9.17) is 5.11 Å². The van der Waals surface area contributed by atoms with Gasteiger partial charge in [-0.15, -0.1) is 0 Å². The Balaban J connectivity index is 2.30. The van der Waals surface area contributed by atoms with Crippen LogP contribution in [0.4, 0.5) is 0 Å². The summed E-state index contributed by atoms with van der Waals surface area (Å²) in [5.74, 6) is -0.843. The van der Waals surface area contributed by atoms with Crippen LogP contribution in [0.2, 0.25) is 0 Å². The summed E-state index contributed by atoms with van der Waals surface area (Å²) in [4.78, 5) is 13.5. The van der Waals surface area contributed by atoms with Crippen molar-refractivity contribution in [2.45, 2.75) is 45.7 Å². The Labute approximate surface area is 108 Å². The van der Waals surface area contributed by atoms with Gasteiger partial charge in [-0.05, 0) is 50.1 Å². The summed E-state index contributed by atoms with van der Waals surface area (Å²) in [7, 11) is 0. The molecule has 1 aromatic rings. The maximum atomic E-state index is 11.0. The molecule has 0 bridgehead atoms. The summed E-state index contributed by atoms with van der Waals surface area (Å²) in [6.07, 6.45) is 2.38. The molecule has 1 aromatic carbocycles. The number of carboxylic acid groups (broad SMARTS) is 1. The van der Waals surface area contributed by atoms with E-state index in [9.17, 15) is 4.79 Å². The molecule has 3 nitrogen and oxygen atoms in total. The lowest BCUT2D eigenvalue weighted by atomic mass is 10.0. The quantitative estimate of drug-likeness (QED) is 0.883. The predicted molar refractivity (Wildman–Crippen MR) is 71.8 cm³/mol. The van der Waals surface area contributed by atoms with Gasteiger partial charge in [0.05, 0.1) is 5.56 Å². The Hall–Kier alpha value is -1.35. The molecule has 18 heavy (non-hydrogen) atoms. The van der Waals surface area contributed by atoms with Gasteiger partial charge in [-0.1, -0.05) is 19.4 Å². The molecule has 0 fully saturated rings. The topological polar surface area (TPSA) is 40.5 Å². The first-order valence-electron chi connectivity index (χ1n) is 6.69. The highest BCUT2D eigenvalue weighted by molar-refractivity contribution is 5.88. The summed E-state index contributed by atoms with van der Waals surface area (Å²) in [5.41, 5.74) is 2.85. The molecule has 1 aliphatic heterocycles. The number of benzene rings is 1. The van der Waals surface area contributed by atoms with Gasteiger partial charge in [0.15, 0.2) is 0 Å². The molecule has 0 radical (unpaired) electrons. The fourth-order valence-electron chi connectivity index (χ4n) is 2.87. The molecule has 98 valence electrons. The van der Waals surface area contributed by atoms with Crippen molar-refractivity contribution >= 4 is 5.97 Å². The van der Waals surface area contributed by atoms with Crippen LogP contribution >= 0.6 is 0 Å². The van der Waals surface area contributed by atoms with Crippen molar-refractivity contribution in [2.24, 2.45) is 0 Å².